The van der Waals surface area contributed by atoms with Gasteiger partial charge < -0.3 is 19.7 Å². The Hall–Kier alpha value is -2.69. The Balaban J connectivity index is 1.27. The summed E-state index contributed by atoms with van der Waals surface area (Å²) >= 11 is 0. The van der Waals surface area contributed by atoms with Gasteiger partial charge in [-0.1, -0.05) is 12.1 Å². The molecule has 30 heavy (non-hydrogen) atoms. The van der Waals surface area contributed by atoms with Crippen LogP contribution in [0.4, 0.5) is 5.69 Å². The Morgan fingerprint density at radius 3 is 2.43 bits per heavy atom. The van der Waals surface area contributed by atoms with Crippen LogP contribution in [0.3, 0.4) is 0 Å². The maximum absolute atomic E-state index is 12.0. The van der Waals surface area contributed by atoms with E-state index < -0.39 is 0 Å². The van der Waals surface area contributed by atoms with Gasteiger partial charge in [0.1, 0.15) is 17.6 Å². The second kappa shape index (κ2) is 9.41. The van der Waals surface area contributed by atoms with Crippen LogP contribution in [0.25, 0.3) is 0 Å². The highest BCUT2D eigenvalue weighted by molar-refractivity contribution is 5.83. The number of hydrogen-bond acceptors (Lipinski definition) is 4. The van der Waals surface area contributed by atoms with Gasteiger partial charge in [-0.3, -0.25) is 4.79 Å². The minimum atomic E-state index is -0.155. The molecule has 0 bridgehead atoms. The van der Waals surface area contributed by atoms with Crippen molar-refractivity contribution in [3.63, 3.8) is 0 Å². The van der Waals surface area contributed by atoms with Crippen LogP contribution in [0.15, 0.2) is 48.5 Å². The molecule has 1 heterocycles. The summed E-state index contributed by atoms with van der Waals surface area (Å²) in [6.45, 7) is 7.22. The van der Waals surface area contributed by atoms with E-state index in [1.54, 1.807) is 0 Å². The molecule has 1 saturated carbocycles. The topological polar surface area (TPSA) is 50.8 Å². The van der Waals surface area contributed by atoms with Gasteiger partial charge in [0.25, 0.3) is 0 Å². The molecule has 2 aliphatic rings. The van der Waals surface area contributed by atoms with Gasteiger partial charge in [0, 0.05) is 25.2 Å². The fourth-order valence-electron chi connectivity index (χ4n) is 3.82. The number of carbonyl (C=O) groups excluding carboxylic acids is 1. The average Bonchev–Trinajstić information content (AvgIpc) is 3.49. The number of carbonyl (C=O) groups is 1. The Kier molecular flexibility index (Phi) is 6.46. The molecule has 1 saturated heterocycles. The van der Waals surface area contributed by atoms with E-state index in [1.165, 1.54) is 18.5 Å². The van der Waals surface area contributed by atoms with Crippen molar-refractivity contribution in [3.05, 3.63) is 54.1 Å². The molecule has 160 valence electrons. The largest absolute Gasteiger partial charge is 0.493 e. The normalized spacial score (nSPS) is 19.4. The summed E-state index contributed by atoms with van der Waals surface area (Å²) < 4.78 is 12.0. The van der Waals surface area contributed by atoms with E-state index in [2.05, 4.69) is 34.5 Å². The quantitative estimate of drug-likeness (QED) is 0.669. The summed E-state index contributed by atoms with van der Waals surface area (Å²) in [5.41, 5.74) is 2.22. The molecule has 1 amide bonds. The number of ether oxygens (including phenoxy) is 2. The summed E-state index contributed by atoms with van der Waals surface area (Å²) in [5.74, 6) is 2.49. The number of likely N-dealkylation sites (N-methyl/N-ethyl adjacent to an activating group) is 1. The third-order valence-electron chi connectivity index (χ3n) is 5.96. The lowest BCUT2D eigenvalue weighted by atomic mass is 10.0. The van der Waals surface area contributed by atoms with Crippen molar-refractivity contribution < 1.29 is 14.3 Å². The van der Waals surface area contributed by atoms with Crippen LogP contribution >= 0.6 is 0 Å². The number of nitrogens with zero attached hydrogens (tertiary/aromatic N) is 1. The first-order valence-electron chi connectivity index (χ1n) is 11.1. The molecular weight excluding hydrogens is 376 g/mol. The first-order chi connectivity index (χ1) is 14.6. The Bertz CT molecular complexity index is 830. The summed E-state index contributed by atoms with van der Waals surface area (Å²) in [6, 6.07) is 16.3. The van der Waals surface area contributed by atoms with Crippen molar-refractivity contribution >= 4 is 11.6 Å². The zero-order valence-electron chi connectivity index (χ0n) is 18.0. The van der Waals surface area contributed by atoms with Crippen LogP contribution < -0.4 is 19.7 Å². The first kappa shape index (κ1) is 20.6. The van der Waals surface area contributed by atoms with Gasteiger partial charge in [-0.15, -0.1) is 0 Å². The molecule has 1 N–H and O–H groups in total. The molecule has 0 aromatic heterocycles. The Labute approximate surface area is 179 Å². The number of hydrogen-bond donors (Lipinski definition) is 1. The van der Waals surface area contributed by atoms with Gasteiger partial charge in [-0.2, -0.15) is 0 Å². The van der Waals surface area contributed by atoms with Gasteiger partial charge in [-0.25, -0.2) is 0 Å². The van der Waals surface area contributed by atoms with Crippen molar-refractivity contribution in [1.29, 1.82) is 0 Å². The molecule has 1 aliphatic heterocycles. The van der Waals surface area contributed by atoms with Gasteiger partial charge >= 0.3 is 0 Å². The maximum atomic E-state index is 12.0. The average molecular weight is 409 g/mol. The van der Waals surface area contributed by atoms with Crippen LogP contribution in [0, 0.1) is 5.92 Å². The van der Waals surface area contributed by atoms with Crippen molar-refractivity contribution in [2.24, 2.45) is 5.92 Å². The first-order valence-corrected chi connectivity index (χ1v) is 11.1. The Morgan fingerprint density at radius 1 is 1.07 bits per heavy atom. The summed E-state index contributed by atoms with van der Waals surface area (Å²) in [6.07, 6.45) is 3.78. The molecule has 1 aliphatic carbocycles. The summed E-state index contributed by atoms with van der Waals surface area (Å²) in [5, 5.41) is 2.87. The summed E-state index contributed by atoms with van der Waals surface area (Å²) in [4.78, 5) is 14.4. The van der Waals surface area contributed by atoms with Gasteiger partial charge in [0.15, 0.2) is 0 Å². The molecule has 5 heteroatoms. The van der Waals surface area contributed by atoms with E-state index in [-0.39, 0.29) is 17.9 Å². The van der Waals surface area contributed by atoms with Crippen molar-refractivity contribution in [2.45, 2.75) is 45.1 Å². The number of benzene rings is 2. The lowest BCUT2D eigenvalue weighted by Crippen LogP contribution is -2.27. The molecule has 2 atom stereocenters. The third-order valence-corrected chi connectivity index (χ3v) is 5.96. The van der Waals surface area contributed by atoms with Crippen molar-refractivity contribution in [3.8, 4) is 11.5 Å². The lowest BCUT2D eigenvalue weighted by molar-refractivity contribution is -0.122. The summed E-state index contributed by atoms with van der Waals surface area (Å²) in [7, 11) is 0. The fourth-order valence-corrected chi connectivity index (χ4v) is 3.82. The van der Waals surface area contributed by atoms with E-state index in [0.29, 0.717) is 6.54 Å². The van der Waals surface area contributed by atoms with E-state index in [4.69, 9.17) is 9.47 Å². The highest BCUT2D eigenvalue weighted by Crippen LogP contribution is 2.30. The molecule has 2 aromatic carbocycles. The maximum Gasteiger partial charge on any atom is 0.227 e. The molecule has 2 aromatic rings. The zero-order chi connectivity index (χ0) is 20.9. The molecular formula is C25H32N2O3. The SMILES string of the molecule is CCNC(=O)C(C)c1ccc(OC2CCN(c3ccc(OCC4CC4)cc3)C2)cc1. The van der Waals surface area contributed by atoms with Crippen LogP contribution in [0.5, 0.6) is 11.5 Å². The number of rotatable bonds is 9. The van der Waals surface area contributed by atoms with Crippen molar-refractivity contribution in [1.82, 2.24) is 5.32 Å². The standard InChI is InChI=1S/C25H32N2O3/c1-3-26-25(28)18(2)20-6-10-23(11-7-20)30-24-14-15-27(16-24)21-8-12-22(13-9-21)29-17-19-4-5-19/h6-13,18-19,24H,3-5,14-17H2,1-2H3,(H,26,28). The highest BCUT2D eigenvalue weighted by atomic mass is 16.5. The Morgan fingerprint density at radius 2 is 1.77 bits per heavy atom. The van der Waals surface area contributed by atoms with Crippen LogP contribution in [-0.4, -0.2) is 38.3 Å². The van der Waals surface area contributed by atoms with E-state index in [0.717, 1.165) is 49.1 Å². The molecule has 2 unspecified atom stereocenters. The van der Waals surface area contributed by atoms with E-state index >= 15 is 0 Å². The van der Waals surface area contributed by atoms with Gasteiger partial charge in [0.05, 0.1) is 19.1 Å². The second-order valence-electron chi connectivity index (χ2n) is 8.41. The fraction of sp³-hybridized carbons (Fsp3) is 0.480. The highest BCUT2D eigenvalue weighted by Gasteiger charge is 2.25. The molecule has 4 rings (SSSR count). The third kappa shape index (κ3) is 5.26. The van der Waals surface area contributed by atoms with Crippen molar-refractivity contribution in [2.75, 3.05) is 31.1 Å². The monoisotopic (exact) mass is 408 g/mol. The number of anilines is 1. The number of nitrogens with one attached hydrogen (secondary N) is 1. The molecule has 2 fully saturated rings. The van der Waals surface area contributed by atoms with Crippen LogP contribution in [-0.2, 0) is 4.79 Å². The predicted octanol–water partition coefficient (Wildman–Crippen LogP) is 4.37. The zero-order valence-corrected chi connectivity index (χ0v) is 18.0. The molecule has 0 spiro atoms. The van der Waals surface area contributed by atoms with Gasteiger partial charge in [0.2, 0.25) is 5.91 Å². The smallest absolute Gasteiger partial charge is 0.227 e. The van der Waals surface area contributed by atoms with Crippen LogP contribution in [0.2, 0.25) is 0 Å². The molecule has 0 radical (unpaired) electrons. The second-order valence-corrected chi connectivity index (χ2v) is 8.41. The predicted molar refractivity (Wildman–Crippen MR) is 119 cm³/mol. The number of amides is 1. The minimum Gasteiger partial charge on any atom is -0.493 e. The van der Waals surface area contributed by atoms with Gasteiger partial charge in [-0.05, 0) is 74.6 Å². The van der Waals surface area contributed by atoms with E-state index in [9.17, 15) is 4.79 Å². The van der Waals surface area contributed by atoms with E-state index in [1.807, 2.05) is 38.1 Å². The lowest BCUT2D eigenvalue weighted by Gasteiger charge is -2.20. The molecule has 5 nitrogen and oxygen atoms in total. The minimum absolute atomic E-state index is 0.0570. The van der Waals surface area contributed by atoms with Crippen LogP contribution in [0.1, 0.15) is 44.6 Å².